The van der Waals surface area contributed by atoms with Gasteiger partial charge in [-0.1, -0.05) is 6.07 Å². The van der Waals surface area contributed by atoms with Gasteiger partial charge in [0.15, 0.2) is 0 Å². The fourth-order valence-electron chi connectivity index (χ4n) is 1.69. The Morgan fingerprint density at radius 1 is 1.20 bits per heavy atom. The normalized spacial score (nSPS) is 10.3. The summed E-state index contributed by atoms with van der Waals surface area (Å²) in [7, 11) is 0. The first-order valence-electron chi connectivity index (χ1n) is 5.74. The Morgan fingerprint density at radius 3 is 2.50 bits per heavy atom. The molecule has 0 aliphatic heterocycles. The summed E-state index contributed by atoms with van der Waals surface area (Å²) in [6.07, 6.45) is 0. The van der Waals surface area contributed by atoms with Gasteiger partial charge in [0, 0.05) is 11.8 Å². The van der Waals surface area contributed by atoms with Crippen LogP contribution in [0.15, 0.2) is 30.3 Å². The van der Waals surface area contributed by atoms with Gasteiger partial charge < -0.3 is 16.2 Å². The lowest BCUT2D eigenvalue weighted by molar-refractivity contribution is 0.0692. The van der Waals surface area contributed by atoms with E-state index in [0.29, 0.717) is 11.3 Å². The Kier molecular flexibility index (Phi) is 3.56. The Bertz CT molecular complexity index is 687. The van der Waals surface area contributed by atoms with Crippen molar-refractivity contribution in [1.29, 1.82) is 0 Å². The number of benzene rings is 2. The van der Waals surface area contributed by atoms with Crippen molar-refractivity contribution in [3.63, 3.8) is 0 Å². The Morgan fingerprint density at radius 2 is 1.90 bits per heavy atom. The van der Waals surface area contributed by atoms with Crippen LogP contribution in [0.3, 0.4) is 0 Å². The molecule has 2 aromatic rings. The Labute approximate surface area is 113 Å². The lowest BCUT2D eigenvalue weighted by Gasteiger charge is -2.11. The van der Waals surface area contributed by atoms with E-state index < -0.39 is 23.2 Å². The molecule has 0 aliphatic carbocycles. The van der Waals surface area contributed by atoms with E-state index in [1.807, 2.05) is 0 Å². The van der Waals surface area contributed by atoms with Crippen LogP contribution in [0, 0.1) is 18.6 Å². The predicted molar refractivity (Wildman–Crippen MR) is 72.2 cm³/mol. The van der Waals surface area contributed by atoms with Crippen molar-refractivity contribution in [2.45, 2.75) is 6.92 Å². The first kappa shape index (κ1) is 13.8. The van der Waals surface area contributed by atoms with E-state index in [2.05, 4.69) is 5.32 Å². The molecule has 104 valence electrons. The van der Waals surface area contributed by atoms with Crippen molar-refractivity contribution in [3.8, 4) is 0 Å². The molecule has 0 saturated heterocycles. The van der Waals surface area contributed by atoms with E-state index in [0.717, 1.165) is 12.1 Å². The SMILES string of the molecule is Cc1ccc(Nc2cc(F)c(C(=O)O)cc2N)cc1F. The summed E-state index contributed by atoms with van der Waals surface area (Å²) in [5.74, 6) is -2.72. The third kappa shape index (κ3) is 2.69. The molecular formula is C14H12F2N2O2. The zero-order valence-corrected chi connectivity index (χ0v) is 10.6. The van der Waals surface area contributed by atoms with Gasteiger partial charge in [0.2, 0.25) is 0 Å². The first-order valence-corrected chi connectivity index (χ1v) is 5.74. The zero-order valence-electron chi connectivity index (χ0n) is 10.6. The van der Waals surface area contributed by atoms with Gasteiger partial charge in [0.05, 0.1) is 16.9 Å². The second-order valence-corrected chi connectivity index (χ2v) is 4.31. The highest BCUT2D eigenvalue weighted by molar-refractivity contribution is 5.91. The minimum absolute atomic E-state index is 0.0600. The molecule has 6 heteroatoms. The van der Waals surface area contributed by atoms with Crippen LogP contribution in [-0.4, -0.2) is 11.1 Å². The van der Waals surface area contributed by atoms with E-state index in [-0.39, 0.29) is 11.4 Å². The van der Waals surface area contributed by atoms with Gasteiger partial charge in [-0.2, -0.15) is 0 Å². The number of carboxylic acid groups (broad SMARTS) is 1. The highest BCUT2D eigenvalue weighted by Gasteiger charge is 2.14. The molecule has 0 aliphatic rings. The summed E-state index contributed by atoms with van der Waals surface area (Å²) in [4.78, 5) is 10.8. The zero-order chi connectivity index (χ0) is 14.9. The quantitative estimate of drug-likeness (QED) is 0.753. The number of hydrogen-bond donors (Lipinski definition) is 3. The number of halogens is 2. The number of nitrogens with two attached hydrogens (primary N) is 1. The molecule has 0 aromatic heterocycles. The molecule has 4 nitrogen and oxygen atoms in total. The molecule has 0 fully saturated rings. The lowest BCUT2D eigenvalue weighted by Crippen LogP contribution is -2.05. The van der Waals surface area contributed by atoms with Crippen LogP contribution in [0.5, 0.6) is 0 Å². The van der Waals surface area contributed by atoms with Gasteiger partial charge in [0.1, 0.15) is 11.6 Å². The van der Waals surface area contributed by atoms with Crippen molar-refractivity contribution in [2.75, 3.05) is 11.1 Å². The third-order valence-electron chi connectivity index (χ3n) is 2.82. The highest BCUT2D eigenvalue weighted by Crippen LogP contribution is 2.27. The summed E-state index contributed by atoms with van der Waals surface area (Å²) in [5, 5.41) is 11.5. The van der Waals surface area contributed by atoms with Gasteiger partial charge in [0.25, 0.3) is 0 Å². The molecular weight excluding hydrogens is 266 g/mol. The maximum absolute atomic E-state index is 13.6. The number of rotatable bonds is 3. The number of aromatic carboxylic acids is 1. The second kappa shape index (κ2) is 5.16. The number of hydrogen-bond acceptors (Lipinski definition) is 3. The smallest absolute Gasteiger partial charge is 0.338 e. The van der Waals surface area contributed by atoms with Gasteiger partial charge in [-0.3, -0.25) is 0 Å². The lowest BCUT2D eigenvalue weighted by atomic mass is 10.1. The first-order chi connectivity index (χ1) is 9.38. The van der Waals surface area contributed by atoms with Crippen molar-refractivity contribution in [1.82, 2.24) is 0 Å². The minimum Gasteiger partial charge on any atom is -0.478 e. The number of nitrogen functional groups attached to an aromatic ring is 1. The van der Waals surface area contributed by atoms with E-state index in [1.54, 1.807) is 19.1 Å². The molecule has 0 radical (unpaired) electrons. The van der Waals surface area contributed by atoms with Crippen LogP contribution < -0.4 is 11.1 Å². The summed E-state index contributed by atoms with van der Waals surface area (Å²) < 4.78 is 27.0. The Balaban J connectivity index is 2.36. The van der Waals surface area contributed by atoms with Crippen LogP contribution in [0.1, 0.15) is 15.9 Å². The molecule has 0 unspecified atom stereocenters. The number of nitrogens with one attached hydrogen (secondary N) is 1. The third-order valence-corrected chi connectivity index (χ3v) is 2.82. The monoisotopic (exact) mass is 278 g/mol. The van der Waals surface area contributed by atoms with Crippen LogP contribution in [0.25, 0.3) is 0 Å². The fourth-order valence-corrected chi connectivity index (χ4v) is 1.69. The summed E-state index contributed by atoms with van der Waals surface area (Å²) in [5.41, 5.74) is 6.26. The van der Waals surface area contributed by atoms with Gasteiger partial charge >= 0.3 is 5.97 Å². The van der Waals surface area contributed by atoms with E-state index in [1.165, 1.54) is 6.07 Å². The molecule has 4 N–H and O–H groups in total. The van der Waals surface area contributed by atoms with Crippen molar-refractivity contribution >= 4 is 23.0 Å². The number of aryl methyl sites for hydroxylation is 1. The van der Waals surface area contributed by atoms with Crippen molar-refractivity contribution in [3.05, 3.63) is 53.1 Å². The highest BCUT2D eigenvalue weighted by atomic mass is 19.1. The van der Waals surface area contributed by atoms with Gasteiger partial charge in [-0.15, -0.1) is 0 Å². The average molecular weight is 278 g/mol. The summed E-state index contributed by atoms with van der Waals surface area (Å²) >= 11 is 0. The van der Waals surface area contributed by atoms with Crippen molar-refractivity contribution < 1.29 is 18.7 Å². The van der Waals surface area contributed by atoms with E-state index >= 15 is 0 Å². The molecule has 0 amide bonds. The van der Waals surface area contributed by atoms with Gasteiger partial charge in [-0.05, 0) is 30.7 Å². The minimum atomic E-state index is -1.40. The Hall–Kier alpha value is -2.63. The second-order valence-electron chi connectivity index (χ2n) is 4.31. The molecule has 0 saturated carbocycles. The number of carboxylic acids is 1. The molecule has 0 bridgehead atoms. The van der Waals surface area contributed by atoms with Crippen LogP contribution >= 0.6 is 0 Å². The van der Waals surface area contributed by atoms with Crippen molar-refractivity contribution in [2.24, 2.45) is 0 Å². The molecule has 0 atom stereocenters. The predicted octanol–water partition coefficient (Wildman–Crippen LogP) is 3.30. The van der Waals surface area contributed by atoms with Crippen LogP contribution in [-0.2, 0) is 0 Å². The molecule has 20 heavy (non-hydrogen) atoms. The van der Waals surface area contributed by atoms with E-state index in [4.69, 9.17) is 10.8 Å². The largest absolute Gasteiger partial charge is 0.478 e. The number of anilines is 3. The molecule has 2 rings (SSSR count). The number of carbonyl (C=O) groups is 1. The fraction of sp³-hybridized carbons (Fsp3) is 0.0714. The summed E-state index contributed by atoms with van der Waals surface area (Å²) in [6, 6.07) is 6.41. The molecule has 0 heterocycles. The summed E-state index contributed by atoms with van der Waals surface area (Å²) in [6.45, 7) is 1.62. The molecule has 2 aromatic carbocycles. The van der Waals surface area contributed by atoms with Crippen LogP contribution in [0.4, 0.5) is 25.8 Å². The average Bonchev–Trinajstić information content (AvgIpc) is 2.37. The van der Waals surface area contributed by atoms with Crippen LogP contribution in [0.2, 0.25) is 0 Å². The standard InChI is InChI=1S/C14H12F2N2O2/c1-7-2-3-8(4-10(7)15)18-13-6-11(16)9(14(19)20)5-12(13)17/h2-6,18H,17H2,1H3,(H,19,20). The molecule has 0 spiro atoms. The van der Waals surface area contributed by atoms with E-state index in [9.17, 15) is 13.6 Å². The maximum atomic E-state index is 13.6. The van der Waals surface area contributed by atoms with Gasteiger partial charge in [-0.25, -0.2) is 13.6 Å². The maximum Gasteiger partial charge on any atom is 0.338 e. The topological polar surface area (TPSA) is 75.3 Å².